The SMILES string of the molecule is CNC(=O)c1cccc([C@@H](C)n2cnc3cc(Br)ncc3c2=O)c1C. The molecule has 6 nitrogen and oxygen atoms in total. The van der Waals surface area contributed by atoms with Gasteiger partial charge in [-0.15, -0.1) is 0 Å². The largest absolute Gasteiger partial charge is 0.355 e. The first kappa shape index (κ1) is 17.3. The third kappa shape index (κ3) is 3.07. The quantitative estimate of drug-likeness (QED) is 0.685. The van der Waals surface area contributed by atoms with Crippen molar-refractivity contribution in [1.82, 2.24) is 19.9 Å². The summed E-state index contributed by atoms with van der Waals surface area (Å²) in [6.07, 6.45) is 3.06. The molecule has 0 bridgehead atoms. The molecule has 1 atom stereocenters. The number of amides is 1. The van der Waals surface area contributed by atoms with Gasteiger partial charge in [0.2, 0.25) is 0 Å². The fourth-order valence-corrected chi connectivity index (χ4v) is 3.24. The lowest BCUT2D eigenvalue weighted by Crippen LogP contribution is -2.26. The van der Waals surface area contributed by atoms with Gasteiger partial charge < -0.3 is 5.32 Å². The molecule has 7 heteroatoms. The molecular formula is C18H17BrN4O2. The smallest absolute Gasteiger partial charge is 0.263 e. The summed E-state index contributed by atoms with van der Waals surface area (Å²) in [5, 5.41) is 3.09. The molecule has 0 aliphatic carbocycles. The first-order chi connectivity index (χ1) is 11.9. The van der Waals surface area contributed by atoms with Crippen LogP contribution in [0.15, 0.2) is 46.2 Å². The van der Waals surface area contributed by atoms with Crippen molar-refractivity contribution in [3.05, 3.63) is 68.4 Å². The van der Waals surface area contributed by atoms with E-state index in [0.29, 0.717) is 21.1 Å². The number of halogens is 1. The van der Waals surface area contributed by atoms with Crippen LogP contribution >= 0.6 is 15.9 Å². The number of fused-ring (bicyclic) bond motifs is 1. The molecule has 128 valence electrons. The molecular weight excluding hydrogens is 384 g/mol. The Morgan fingerprint density at radius 1 is 1.32 bits per heavy atom. The molecule has 0 saturated heterocycles. The second-order valence-corrected chi connectivity index (χ2v) is 6.57. The third-order valence-corrected chi connectivity index (χ3v) is 4.78. The number of carbonyl (C=O) groups excluding carboxylic acids is 1. The van der Waals surface area contributed by atoms with Crippen molar-refractivity contribution >= 4 is 32.7 Å². The van der Waals surface area contributed by atoms with E-state index in [1.165, 1.54) is 12.5 Å². The van der Waals surface area contributed by atoms with Crippen molar-refractivity contribution < 1.29 is 4.79 Å². The minimum absolute atomic E-state index is 0.149. The summed E-state index contributed by atoms with van der Waals surface area (Å²) < 4.78 is 2.19. The monoisotopic (exact) mass is 400 g/mol. The summed E-state index contributed by atoms with van der Waals surface area (Å²) in [6.45, 7) is 3.80. The van der Waals surface area contributed by atoms with Crippen LogP contribution in [0.4, 0.5) is 0 Å². The summed E-state index contributed by atoms with van der Waals surface area (Å²) in [4.78, 5) is 33.3. The van der Waals surface area contributed by atoms with E-state index in [1.807, 2.05) is 26.0 Å². The highest BCUT2D eigenvalue weighted by molar-refractivity contribution is 9.10. The normalized spacial score (nSPS) is 12.2. The fourth-order valence-electron chi connectivity index (χ4n) is 2.92. The number of pyridine rings is 1. The minimum atomic E-state index is -0.266. The van der Waals surface area contributed by atoms with Crippen LogP contribution in [0, 0.1) is 6.92 Å². The van der Waals surface area contributed by atoms with Crippen molar-refractivity contribution in [1.29, 1.82) is 0 Å². The van der Waals surface area contributed by atoms with E-state index < -0.39 is 0 Å². The van der Waals surface area contributed by atoms with Crippen LogP contribution in [0.3, 0.4) is 0 Å². The van der Waals surface area contributed by atoms with Crippen molar-refractivity contribution in [3.63, 3.8) is 0 Å². The van der Waals surface area contributed by atoms with Gasteiger partial charge in [0.25, 0.3) is 11.5 Å². The number of benzene rings is 1. The van der Waals surface area contributed by atoms with Crippen LogP contribution in [-0.4, -0.2) is 27.5 Å². The van der Waals surface area contributed by atoms with E-state index in [2.05, 4.69) is 31.2 Å². The zero-order chi connectivity index (χ0) is 18.1. The molecule has 0 unspecified atom stereocenters. The van der Waals surface area contributed by atoms with Gasteiger partial charge >= 0.3 is 0 Å². The fraction of sp³-hybridized carbons (Fsp3) is 0.222. The van der Waals surface area contributed by atoms with E-state index in [0.717, 1.165) is 11.1 Å². The van der Waals surface area contributed by atoms with Crippen molar-refractivity contribution in [2.75, 3.05) is 7.05 Å². The maximum atomic E-state index is 12.8. The van der Waals surface area contributed by atoms with E-state index in [9.17, 15) is 9.59 Å². The maximum Gasteiger partial charge on any atom is 0.263 e. The average Bonchev–Trinajstić information content (AvgIpc) is 2.61. The molecule has 0 aliphatic heterocycles. The van der Waals surface area contributed by atoms with Crippen LogP contribution in [0.25, 0.3) is 10.9 Å². The van der Waals surface area contributed by atoms with Gasteiger partial charge in [0.15, 0.2) is 0 Å². The Morgan fingerprint density at radius 3 is 2.80 bits per heavy atom. The summed E-state index contributed by atoms with van der Waals surface area (Å²) in [5.41, 5.74) is 2.76. The van der Waals surface area contributed by atoms with Gasteiger partial charge in [0.05, 0.1) is 23.3 Å². The van der Waals surface area contributed by atoms with E-state index >= 15 is 0 Å². The Kier molecular flexibility index (Phi) is 4.67. The number of aromatic nitrogens is 3. The first-order valence-electron chi connectivity index (χ1n) is 7.78. The molecule has 2 heterocycles. The van der Waals surface area contributed by atoms with Gasteiger partial charge in [-0.25, -0.2) is 9.97 Å². The Balaban J connectivity index is 2.13. The van der Waals surface area contributed by atoms with E-state index in [-0.39, 0.29) is 17.5 Å². The number of nitrogens with zero attached hydrogens (tertiary/aromatic N) is 3. The summed E-state index contributed by atoms with van der Waals surface area (Å²) in [7, 11) is 1.60. The molecule has 0 spiro atoms. The highest BCUT2D eigenvalue weighted by Crippen LogP contribution is 2.23. The van der Waals surface area contributed by atoms with Crippen LogP contribution in [0.1, 0.15) is 34.5 Å². The molecule has 0 fully saturated rings. The zero-order valence-corrected chi connectivity index (χ0v) is 15.7. The molecule has 0 saturated carbocycles. The number of rotatable bonds is 3. The Bertz CT molecular complexity index is 1030. The van der Waals surface area contributed by atoms with Gasteiger partial charge in [-0.2, -0.15) is 0 Å². The number of carbonyl (C=O) groups is 1. The van der Waals surface area contributed by atoms with E-state index in [4.69, 9.17) is 0 Å². The number of hydrogen-bond donors (Lipinski definition) is 1. The molecule has 3 rings (SSSR count). The summed E-state index contributed by atoms with van der Waals surface area (Å²) >= 11 is 3.28. The van der Waals surface area contributed by atoms with E-state index in [1.54, 1.807) is 23.7 Å². The van der Waals surface area contributed by atoms with Gasteiger partial charge in [0, 0.05) is 18.8 Å². The number of nitrogens with one attached hydrogen (secondary N) is 1. The standard InChI is InChI=1S/C18H17BrN4O2/c1-10-12(5-4-6-13(10)17(24)20-3)11(2)23-9-22-15-7-16(19)21-8-14(15)18(23)25/h4-9,11H,1-3H3,(H,20,24)/t11-/m1/s1. The van der Waals surface area contributed by atoms with Crippen molar-refractivity contribution in [2.24, 2.45) is 0 Å². The molecule has 25 heavy (non-hydrogen) atoms. The van der Waals surface area contributed by atoms with Crippen LogP contribution in [0.5, 0.6) is 0 Å². The highest BCUT2D eigenvalue weighted by Gasteiger charge is 2.17. The minimum Gasteiger partial charge on any atom is -0.355 e. The topological polar surface area (TPSA) is 76.9 Å². The van der Waals surface area contributed by atoms with Gasteiger partial charge in [-0.3, -0.25) is 14.2 Å². The van der Waals surface area contributed by atoms with Gasteiger partial charge in [0.1, 0.15) is 4.60 Å². The lowest BCUT2D eigenvalue weighted by Gasteiger charge is -2.19. The average molecular weight is 401 g/mol. The van der Waals surface area contributed by atoms with Crippen LogP contribution in [0.2, 0.25) is 0 Å². The number of hydrogen-bond acceptors (Lipinski definition) is 4. The van der Waals surface area contributed by atoms with Crippen LogP contribution in [-0.2, 0) is 0 Å². The van der Waals surface area contributed by atoms with Crippen LogP contribution < -0.4 is 10.9 Å². The molecule has 0 aliphatic rings. The second-order valence-electron chi connectivity index (χ2n) is 5.76. The lowest BCUT2D eigenvalue weighted by molar-refractivity contribution is 0.0962. The summed E-state index contributed by atoms with van der Waals surface area (Å²) in [6, 6.07) is 6.96. The second kappa shape index (κ2) is 6.76. The molecule has 2 aromatic heterocycles. The lowest BCUT2D eigenvalue weighted by atomic mass is 9.97. The Hall–Kier alpha value is -2.54. The van der Waals surface area contributed by atoms with Gasteiger partial charge in [-0.1, -0.05) is 12.1 Å². The Labute approximate surface area is 153 Å². The molecule has 3 aromatic rings. The molecule has 0 radical (unpaired) electrons. The zero-order valence-electron chi connectivity index (χ0n) is 14.1. The highest BCUT2D eigenvalue weighted by atomic mass is 79.9. The molecule has 1 N–H and O–H groups in total. The third-order valence-electron chi connectivity index (χ3n) is 4.35. The van der Waals surface area contributed by atoms with Crippen molar-refractivity contribution in [2.45, 2.75) is 19.9 Å². The predicted molar refractivity (Wildman–Crippen MR) is 99.9 cm³/mol. The predicted octanol–water partition coefficient (Wildman–Crippen LogP) is 2.83. The molecule has 1 aromatic carbocycles. The maximum absolute atomic E-state index is 12.8. The van der Waals surface area contributed by atoms with Gasteiger partial charge in [-0.05, 0) is 53.0 Å². The first-order valence-corrected chi connectivity index (χ1v) is 8.57. The summed E-state index contributed by atoms with van der Waals surface area (Å²) in [5.74, 6) is -0.149. The van der Waals surface area contributed by atoms with Crippen molar-refractivity contribution in [3.8, 4) is 0 Å². The molecule has 1 amide bonds. The Morgan fingerprint density at radius 2 is 2.08 bits per heavy atom.